The summed E-state index contributed by atoms with van der Waals surface area (Å²) in [5.74, 6) is -1.72. The summed E-state index contributed by atoms with van der Waals surface area (Å²) in [7, 11) is 0. The molecule has 0 radical (unpaired) electrons. The van der Waals surface area contributed by atoms with Crippen LogP contribution in [0.15, 0.2) is 17.5 Å². The first kappa shape index (κ1) is 12.7. The first-order chi connectivity index (χ1) is 7.65. The maximum atomic E-state index is 11.8. The van der Waals surface area contributed by atoms with Gasteiger partial charge in [0.25, 0.3) is 0 Å². The Morgan fingerprint density at radius 3 is 2.81 bits per heavy atom. The molecule has 0 aliphatic heterocycles. The van der Waals surface area contributed by atoms with Gasteiger partial charge in [0.2, 0.25) is 5.91 Å². The van der Waals surface area contributed by atoms with Gasteiger partial charge in [0, 0.05) is 11.4 Å². The molecule has 0 saturated heterocycles. The van der Waals surface area contributed by atoms with Gasteiger partial charge in [-0.15, -0.1) is 11.3 Å². The second kappa shape index (κ2) is 6.27. The van der Waals surface area contributed by atoms with Crippen LogP contribution in [0.5, 0.6) is 0 Å². The number of nitrogens with one attached hydrogen (secondary N) is 1. The summed E-state index contributed by atoms with van der Waals surface area (Å²) >= 11 is 1.41. The van der Waals surface area contributed by atoms with E-state index in [4.69, 9.17) is 5.11 Å². The summed E-state index contributed by atoms with van der Waals surface area (Å²) in [4.78, 5) is 23.3. The quantitative estimate of drug-likeness (QED) is 0.798. The predicted molar refractivity (Wildman–Crippen MR) is 62.6 cm³/mol. The smallest absolute Gasteiger partial charge is 0.304 e. The second-order valence-electron chi connectivity index (χ2n) is 3.46. The van der Waals surface area contributed by atoms with Crippen LogP contribution in [-0.4, -0.2) is 23.5 Å². The summed E-state index contributed by atoms with van der Waals surface area (Å²) in [6.07, 6.45) is 0.687. The molecule has 1 rings (SSSR count). The third kappa shape index (κ3) is 3.66. The van der Waals surface area contributed by atoms with Gasteiger partial charge in [-0.05, 0) is 17.9 Å². The Hall–Kier alpha value is -1.36. The standard InChI is InChI=1S/C11H15NO3S/c1-2-5-12-11(15)8(7-10(13)14)9-4-3-6-16-9/h3-4,6,8H,2,5,7H2,1H3,(H,12,15)(H,13,14). The third-order valence-corrected chi connectivity index (χ3v) is 3.12. The van der Waals surface area contributed by atoms with Gasteiger partial charge in [-0.2, -0.15) is 0 Å². The first-order valence-electron chi connectivity index (χ1n) is 5.18. The van der Waals surface area contributed by atoms with Crippen LogP contribution in [0.3, 0.4) is 0 Å². The monoisotopic (exact) mass is 241 g/mol. The Morgan fingerprint density at radius 1 is 1.56 bits per heavy atom. The number of carbonyl (C=O) groups excluding carboxylic acids is 1. The normalized spacial score (nSPS) is 12.1. The molecule has 1 heterocycles. The molecule has 4 nitrogen and oxygen atoms in total. The van der Waals surface area contributed by atoms with Gasteiger partial charge in [0.1, 0.15) is 0 Å². The van der Waals surface area contributed by atoms with Crippen LogP contribution in [0, 0.1) is 0 Å². The molecule has 1 atom stereocenters. The molecule has 0 fully saturated rings. The van der Waals surface area contributed by atoms with Crippen LogP contribution in [0.1, 0.15) is 30.6 Å². The number of aliphatic carboxylic acids is 1. The van der Waals surface area contributed by atoms with Gasteiger partial charge in [-0.1, -0.05) is 13.0 Å². The van der Waals surface area contributed by atoms with E-state index in [0.29, 0.717) is 6.54 Å². The number of hydrogen-bond donors (Lipinski definition) is 2. The van der Waals surface area contributed by atoms with Crippen LogP contribution >= 0.6 is 11.3 Å². The number of hydrogen-bond acceptors (Lipinski definition) is 3. The minimum absolute atomic E-state index is 0.157. The molecule has 2 N–H and O–H groups in total. The molecule has 0 spiro atoms. The minimum Gasteiger partial charge on any atom is -0.481 e. The molecule has 88 valence electrons. The van der Waals surface area contributed by atoms with Crippen molar-refractivity contribution in [1.29, 1.82) is 0 Å². The van der Waals surface area contributed by atoms with Crippen LogP contribution in [0.4, 0.5) is 0 Å². The van der Waals surface area contributed by atoms with Crippen LogP contribution in [0.2, 0.25) is 0 Å². The van der Waals surface area contributed by atoms with Crippen LogP contribution in [-0.2, 0) is 9.59 Å². The van der Waals surface area contributed by atoms with E-state index in [1.807, 2.05) is 18.4 Å². The number of carboxylic acids is 1. The van der Waals surface area contributed by atoms with Crippen molar-refractivity contribution in [3.63, 3.8) is 0 Å². The average Bonchev–Trinajstić information content (AvgIpc) is 2.75. The lowest BCUT2D eigenvalue weighted by Gasteiger charge is -2.12. The average molecular weight is 241 g/mol. The molecular formula is C11H15NO3S. The largest absolute Gasteiger partial charge is 0.481 e. The Morgan fingerprint density at radius 2 is 2.31 bits per heavy atom. The zero-order valence-electron chi connectivity index (χ0n) is 9.10. The number of amides is 1. The van der Waals surface area contributed by atoms with Crippen molar-refractivity contribution in [2.75, 3.05) is 6.54 Å². The zero-order valence-corrected chi connectivity index (χ0v) is 9.92. The first-order valence-corrected chi connectivity index (χ1v) is 6.06. The third-order valence-electron chi connectivity index (χ3n) is 2.13. The fraction of sp³-hybridized carbons (Fsp3) is 0.455. The molecule has 0 aliphatic carbocycles. The molecule has 0 aliphatic rings. The van der Waals surface area contributed by atoms with Crippen molar-refractivity contribution in [3.05, 3.63) is 22.4 Å². The van der Waals surface area contributed by atoms with Crippen LogP contribution in [0.25, 0.3) is 0 Å². The summed E-state index contributed by atoms with van der Waals surface area (Å²) in [6.45, 7) is 2.54. The Labute approximate surface area is 98.3 Å². The van der Waals surface area contributed by atoms with Crippen molar-refractivity contribution in [2.45, 2.75) is 25.7 Å². The van der Waals surface area contributed by atoms with Gasteiger partial charge in [-0.25, -0.2) is 0 Å². The summed E-state index contributed by atoms with van der Waals surface area (Å²) in [5, 5.41) is 13.4. The Balaban J connectivity index is 2.71. The molecule has 1 unspecified atom stereocenters. The van der Waals surface area contributed by atoms with E-state index in [-0.39, 0.29) is 12.3 Å². The molecule has 1 aromatic rings. The highest BCUT2D eigenvalue weighted by molar-refractivity contribution is 7.10. The molecule has 1 aromatic heterocycles. The lowest BCUT2D eigenvalue weighted by Crippen LogP contribution is -2.30. The van der Waals surface area contributed by atoms with E-state index >= 15 is 0 Å². The van der Waals surface area contributed by atoms with Crippen molar-refractivity contribution in [3.8, 4) is 0 Å². The number of thiophene rings is 1. The second-order valence-corrected chi connectivity index (χ2v) is 4.44. The number of rotatable bonds is 6. The number of carboxylic acid groups (broad SMARTS) is 1. The van der Waals surface area contributed by atoms with Gasteiger partial charge in [-0.3, -0.25) is 9.59 Å². The highest BCUT2D eigenvalue weighted by Gasteiger charge is 2.23. The van der Waals surface area contributed by atoms with Gasteiger partial charge in [0.05, 0.1) is 12.3 Å². The molecule has 0 saturated carbocycles. The number of carbonyl (C=O) groups is 2. The lowest BCUT2D eigenvalue weighted by molar-refractivity contribution is -0.139. The van der Waals surface area contributed by atoms with Crippen LogP contribution < -0.4 is 5.32 Å². The van der Waals surface area contributed by atoms with Gasteiger partial charge in [0.15, 0.2) is 0 Å². The topological polar surface area (TPSA) is 66.4 Å². The summed E-state index contributed by atoms with van der Waals surface area (Å²) in [5.41, 5.74) is 0. The highest BCUT2D eigenvalue weighted by atomic mass is 32.1. The zero-order chi connectivity index (χ0) is 12.0. The van der Waals surface area contributed by atoms with E-state index in [1.54, 1.807) is 6.07 Å². The maximum Gasteiger partial charge on any atom is 0.304 e. The summed E-state index contributed by atoms with van der Waals surface area (Å²) in [6, 6.07) is 3.62. The molecule has 16 heavy (non-hydrogen) atoms. The van der Waals surface area contributed by atoms with Gasteiger partial charge < -0.3 is 10.4 Å². The van der Waals surface area contributed by atoms with Crippen molar-refractivity contribution in [2.24, 2.45) is 0 Å². The van der Waals surface area contributed by atoms with Crippen molar-refractivity contribution >= 4 is 23.2 Å². The van der Waals surface area contributed by atoms with E-state index in [9.17, 15) is 9.59 Å². The van der Waals surface area contributed by atoms with E-state index < -0.39 is 11.9 Å². The Bertz CT molecular complexity index is 348. The molecule has 5 heteroatoms. The van der Waals surface area contributed by atoms with Crippen molar-refractivity contribution < 1.29 is 14.7 Å². The SMILES string of the molecule is CCCNC(=O)C(CC(=O)O)c1cccs1. The van der Waals surface area contributed by atoms with E-state index in [1.165, 1.54) is 11.3 Å². The highest BCUT2D eigenvalue weighted by Crippen LogP contribution is 2.24. The molecule has 1 amide bonds. The molecule has 0 aromatic carbocycles. The predicted octanol–water partition coefficient (Wildman–Crippen LogP) is 1.83. The molecular weight excluding hydrogens is 226 g/mol. The fourth-order valence-electron chi connectivity index (χ4n) is 1.36. The lowest BCUT2D eigenvalue weighted by atomic mass is 10.0. The fourth-order valence-corrected chi connectivity index (χ4v) is 2.18. The van der Waals surface area contributed by atoms with E-state index in [0.717, 1.165) is 11.3 Å². The van der Waals surface area contributed by atoms with Gasteiger partial charge >= 0.3 is 5.97 Å². The maximum absolute atomic E-state index is 11.8. The van der Waals surface area contributed by atoms with E-state index in [2.05, 4.69) is 5.32 Å². The minimum atomic E-state index is -0.954. The summed E-state index contributed by atoms with van der Waals surface area (Å²) < 4.78 is 0. The van der Waals surface area contributed by atoms with Crippen molar-refractivity contribution in [1.82, 2.24) is 5.32 Å². The molecule has 0 bridgehead atoms. The Kier molecular flexibility index (Phi) is 4.98.